The van der Waals surface area contributed by atoms with Crippen LogP contribution in [0, 0.1) is 0 Å². The van der Waals surface area contributed by atoms with E-state index >= 15 is 0 Å². The van der Waals surface area contributed by atoms with E-state index in [9.17, 15) is 0 Å². The van der Waals surface area contributed by atoms with E-state index < -0.39 is 0 Å². The topological polar surface area (TPSA) is 282 Å². The molecule has 0 rings (SSSR count). The largest absolute Gasteiger partial charge is 2.00 e. The molecule has 0 radical (unpaired) electrons. The van der Waals surface area contributed by atoms with Gasteiger partial charge in [-0.15, -0.1) is 0 Å². The van der Waals surface area contributed by atoms with Gasteiger partial charge in [0.15, 0.2) is 0 Å². The summed E-state index contributed by atoms with van der Waals surface area (Å²) in [6, 6.07) is 0. The van der Waals surface area contributed by atoms with Crippen molar-refractivity contribution >= 4 is 45.5 Å². The van der Waals surface area contributed by atoms with Crippen molar-refractivity contribution < 1.29 is 49.3 Å². The first-order valence-corrected chi connectivity index (χ1v) is 0. The average Bonchev–Trinajstić information content (AvgIpc) is 0. The summed E-state index contributed by atoms with van der Waals surface area (Å²) >= 11 is 0. The Hall–Kier alpha value is 1.12. The second kappa shape index (κ2) is 671. The fraction of sp³-hybridized carbons (Fsp3) is 0. The third-order valence-electron chi connectivity index (χ3n) is 0. The molecular formula is H17O9Sr+. The zero-order valence-corrected chi connectivity index (χ0v) is 8.63. The van der Waals surface area contributed by atoms with Crippen molar-refractivity contribution in [2.24, 2.45) is 0 Å². The molecule has 0 aliphatic rings. The minimum absolute atomic E-state index is 0. The maximum Gasteiger partial charge on any atom is 2.00 e. The minimum atomic E-state index is 0. The molecule has 0 aromatic rings. The molecule has 0 aliphatic heterocycles. The van der Waals surface area contributed by atoms with Gasteiger partial charge in [0.25, 0.3) is 0 Å². The summed E-state index contributed by atoms with van der Waals surface area (Å²) in [5.74, 6) is 0. The maximum atomic E-state index is 0. The van der Waals surface area contributed by atoms with Gasteiger partial charge < -0.3 is 49.3 Å². The Morgan fingerprint density at radius 3 is 0.300 bits per heavy atom. The molecule has 0 bridgehead atoms. The van der Waals surface area contributed by atoms with Crippen LogP contribution in [0.3, 0.4) is 0 Å². The molecule has 17 N–H and O–H groups in total. The summed E-state index contributed by atoms with van der Waals surface area (Å²) < 4.78 is 0. The molecule has 9 nitrogen and oxygen atoms in total. The number of rotatable bonds is 0. The van der Waals surface area contributed by atoms with Crippen LogP contribution in [0.25, 0.3) is 0 Å². The molecule has 0 fully saturated rings. The molecule has 72 valence electrons. The van der Waals surface area contributed by atoms with Gasteiger partial charge in [-0.3, -0.25) is 0 Å². The van der Waals surface area contributed by atoms with Crippen LogP contribution in [0.15, 0.2) is 0 Å². The Balaban J connectivity index is 0. The molecule has 0 heterocycles. The van der Waals surface area contributed by atoms with Crippen LogP contribution in [0.2, 0.25) is 0 Å². The van der Waals surface area contributed by atoms with Crippen molar-refractivity contribution in [2.45, 2.75) is 0 Å². The Labute approximate surface area is 94.1 Å². The molecule has 0 unspecified atom stereocenters. The second-order valence-corrected chi connectivity index (χ2v) is 0. The number of hydrogen-bond acceptors (Lipinski definition) is 1. The van der Waals surface area contributed by atoms with Crippen molar-refractivity contribution in [1.82, 2.24) is 0 Å². The number of hydrogen-bond donors (Lipinski definition) is 0. The van der Waals surface area contributed by atoms with Crippen molar-refractivity contribution in [1.29, 1.82) is 0 Å². The van der Waals surface area contributed by atoms with E-state index in [2.05, 4.69) is 0 Å². The van der Waals surface area contributed by atoms with Crippen LogP contribution >= 0.6 is 0 Å². The van der Waals surface area contributed by atoms with Gasteiger partial charge >= 0.3 is 45.5 Å². The van der Waals surface area contributed by atoms with Crippen LogP contribution < -0.4 is 0 Å². The van der Waals surface area contributed by atoms with E-state index in [4.69, 9.17) is 0 Å². The van der Waals surface area contributed by atoms with E-state index in [1.807, 2.05) is 0 Å². The van der Waals surface area contributed by atoms with Gasteiger partial charge in [-0.2, -0.15) is 0 Å². The molecule has 0 aromatic carbocycles. The molecule has 10 heteroatoms. The molecule has 0 spiro atoms. The third-order valence-corrected chi connectivity index (χ3v) is 0. The first kappa shape index (κ1) is 907. The summed E-state index contributed by atoms with van der Waals surface area (Å²) in [5.41, 5.74) is 0. The summed E-state index contributed by atoms with van der Waals surface area (Å²) in [7, 11) is 0. The van der Waals surface area contributed by atoms with Crippen LogP contribution in [-0.4, -0.2) is 94.8 Å². The molecule has 0 aromatic heterocycles. The molecule has 10 heavy (non-hydrogen) atoms. The molecule has 0 saturated heterocycles. The van der Waals surface area contributed by atoms with E-state index in [1.54, 1.807) is 0 Å². The third kappa shape index (κ3) is 479. The predicted octanol–water partition coefficient (Wildman–Crippen LogP) is -7.16. The minimum Gasteiger partial charge on any atom is -0.870 e. The maximum absolute atomic E-state index is 0. The van der Waals surface area contributed by atoms with Gasteiger partial charge in [0, 0.05) is 0 Å². The predicted molar refractivity (Wildman–Crippen MR) is 36.6 cm³/mol. The average molecular weight is 249 g/mol. The van der Waals surface area contributed by atoms with Gasteiger partial charge in [0.05, 0.1) is 0 Å². The van der Waals surface area contributed by atoms with Crippen molar-refractivity contribution in [2.75, 3.05) is 0 Å². The zero-order valence-electron chi connectivity index (χ0n) is 5.15. The molecule has 0 amide bonds. The van der Waals surface area contributed by atoms with Crippen LogP contribution in [0.1, 0.15) is 0 Å². The van der Waals surface area contributed by atoms with Gasteiger partial charge in [0.1, 0.15) is 0 Å². The summed E-state index contributed by atoms with van der Waals surface area (Å²) in [6.07, 6.45) is 0. The Bertz CT molecular complexity index is 4.69. The second-order valence-electron chi connectivity index (χ2n) is 0. The molecule has 0 aliphatic carbocycles. The fourth-order valence-electron chi connectivity index (χ4n) is 0. The van der Waals surface area contributed by atoms with Crippen molar-refractivity contribution in [3.63, 3.8) is 0 Å². The zero-order chi connectivity index (χ0) is 0. The van der Waals surface area contributed by atoms with E-state index in [-0.39, 0.29) is 94.8 Å². The Kier molecular flexibility index (Phi) is 60800. The standard InChI is InChI=1S/9H2O.Sr/h9*1H2;/q;;;;;;;;;+2/p-1. The van der Waals surface area contributed by atoms with Gasteiger partial charge in [-0.1, -0.05) is 0 Å². The summed E-state index contributed by atoms with van der Waals surface area (Å²) in [6.45, 7) is 0. The van der Waals surface area contributed by atoms with E-state index in [0.29, 0.717) is 0 Å². The quantitative estimate of drug-likeness (QED) is 0.371. The smallest absolute Gasteiger partial charge is 0.870 e. The SMILES string of the molecule is O.O.O.O.O.O.O.O.[OH-].[Sr+2]. The fourth-order valence-corrected chi connectivity index (χ4v) is 0. The molecule has 0 saturated carbocycles. The summed E-state index contributed by atoms with van der Waals surface area (Å²) in [5, 5.41) is 0. The first-order chi connectivity index (χ1) is 0. The van der Waals surface area contributed by atoms with Gasteiger partial charge in [0.2, 0.25) is 0 Å². The van der Waals surface area contributed by atoms with Crippen LogP contribution in [0.5, 0.6) is 0 Å². The van der Waals surface area contributed by atoms with Crippen molar-refractivity contribution in [3.05, 3.63) is 0 Å². The first-order valence-electron chi connectivity index (χ1n) is 0. The monoisotopic (exact) mass is 249 g/mol. The molecule has 0 atom stereocenters. The Morgan fingerprint density at radius 1 is 0.300 bits per heavy atom. The summed E-state index contributed by atoms with van der Waals surface area (Å²) in [4.78, 5) is 0. The van der Waals surface area contributed by atoms with Crippen LogP contribution in [-0.2, 0) is 0 Å². The van der Waals surface area contributed by atoms with Crippen LogP contribution in [0.4, 0.5) is 0 Å². The van der Waals surface area contributed by atoms with E-state index in [0.717, 1.165) is 0 Å². The van der Waals surface area contributed by atoms with Gasteiger partial charge in [-0.25, -0.2) is 0 Å². The Morgan fingerprint density at radius 2 is 0.300 bits per heavy atom. The van der Waals surface area contributed by atoms with E-state index in [1.165, 1.54) is 0 Å². The normalized spacial score (nSPS) is 0. The van der Waals surface area contributed by atoms with Gasteiger partial charge in [-0.05, 0) is 0 Å². The van der Waals surface area contributed by atoms with Crippen molar-refractivity contribution in [3.8, 4) is 0 Å². The molecular weight excluding hydrogens is 232 g/mol.